The molecule has 0 amide bonds. The van der Waals surface area contributed by atoms with E-state index in [0.29, 0.717) is 10.7 Å². The highest BCUT2D eigenvalue weighted by Crippen LogP contribution is 2.17. The summed E-state index contributed by atoms with van der Waals surface area (Å²) in [6.07, 6.45) is 0. The number of carbonyl (C=O) groups excluding carboxylic acids is 1. The molecule has 5 heteroatoms. The first kappa shape index (κ1) is 13.4. The van der Waals surface area contributed by atoms with Crippen LogP contribution in [0.3, 0.4) is 0 Å². The first-order chi connectivity index (χ1) is 8.08. The number of benzene rings is 1. The fraction of sp³-hybridized carbons (Fsp3) is 0.333. The summed E-state index contributed by atoms with van der Waals surface area (Å²) < 4.78 is 4.67. The molecule has 0 heterocycles. The van der Waals surface area contributed by atoms with Crippen LogP contribution in [0.5, 0.6) is 0 Å². The van der Waals surface area contributed by atoms with Crippen molar-refractivity contribution in [2.45, 2.75) is 13.8 Å². The van der Waals surface area contributed by atoms with Gasteiger partial charge < -0.3 is 15.4 Å². The second-order valence-corrected chi connectivity index (χ2v) is 3.91. The van der Waals surface area contributed by atoms with Gasteiger partial charge in [-0.15, -0.1) is 0 Å². The zero-order valence-electron chi connectivity index (χ0n) is 10.2. The van der Waals surface area contributed by atoms with Gasteiger partial charge in [-0.2, -0.15) is 0 Å². The number of carbonyl (C=O) groups is 1. The highest BCUT2D eigenvalue weighted by molar-refractivity contribution is 7.80. The summed E-state index contributed by atoms with van der Waals surface area (Å²) in [5.41, 5.74) is 2.32. The molecule has 17 heavy (non-hydrogen) atoms. The maximum atomic E-state index is 11.4. The highest BCUT2D eigenvalue weighted by Gasteiger charge is 2.08. The van der Waals surface area contributed by atoms with Gasteiger partial charge in [-0.3, -0.25) is 0 Å². The SMILES string of the molecule is CCNC(=S)Nc1cc(C(=O)OC)ccc1C. The van der Waals surface area contributed by atoms with Gasteiger partial charge in [0.05, 0.1) is 12.7 Å². The molecular weight excluding hydrogens is 236 g/mol. The summed E-state index contributed by atoms with van der Waals surface area (Å²) in [4.78, 5) is 11.4. The van der Waals surface area contributed by atoms with Gasteiger partial charge >= 0.3 is 5.97 Å². The van der Waals surface area contributed by atoms with Crippen molar-refractivity contribution in [2.75, 3.05) is 19.0 Å². The number of nitrogens with one attached hydrogen (secondary N) is 2. The van der Waals surface area contributed by atoms with Crippen molar-refractivity contribution in [1.82, 2.24) is 5.32 Å². The topological polar surface area (TPSA) is 50.4 Å². The zero-order valence-corrected chi connectivity index (χ0v) is 11.0. The minimum atomic E-state index is -0.359. The van der Waals surface area contributed by atoms with Gasteiger partial charge in [-0.05, 0) is 43.8 Å². The summed E-state index contributed by atoms with van der Waals surface area (Å²) in [6, 6.07) is 5.30. The number of ether oxygens (including phenoxy) is 1. The molecule has 4 nitrogen and oxygen atoms in total. The van der Waals surface area contributed by atoms with Crippen LogP contribution >= 0.6 is 12.2 Å². The molecule has 2 N–H and O–H groups in total. The third-order valence-electron chi connectivity index (χ3n) is 2.24. The lowest BCUT2D eigenvalue weighted by Crippen LogP contribution is -2.28. The summed E-state index contributed by atoms with van der Waals surface area (Å²) >= 11 is 5.09. The predicted octanol–water partition coefficient (Wildman–Crippen LogP) is 2.09. The maximum absolute atomic E-state index is 11.4. The Morgan fingerprint density at radius 2 is 2.18 bits per heavy atom. The molecule has 1 rings (SSSR count). The zero-order chi connectivity index (χ0) is 12.8. The first-order valence-corrected chi connectivity index (χ1v) is 5.73. The summed E-state index contributed by atoms with van der Waals surface area (Å²) in [7, 11) is 1.36. The van der Waals surface area contributed by atoms with E-state index in [4.69, 9.17) is 12.2 Å². The number of esters is 1. The average molecular weight is 252 g/mol. The molecule has 0 aliphatic rings. The van der Waals surface area contributed by atoms with Gasteiger partial charge in [0, 0.05) is 12.2 Å². The van der Waals surface area contributed by atoms with Crippen molar-refractivity contribution in [3.8, 4) is 0 Å². The third kappa shape index (κ3) is 3.71. The average Bonchev–Trinajstić information content (AvgIpc) is 2.31. The van der Waals surface area contributed by atoms with Crippen molar-refractivity contribution in [3.63, 3.8) is 0 Å². The highest BCUT2D eigenvalue weighted by atomic mass is 32.1. The van der Waals surface area contributed by atoms with Crippen LogP contribution in [0.4, 0.5) is 5.69 Å². The number of hydrogen-bond acceptors (Lipinski definition) is 3. The van der Waals surface area contributed by atoms with E-state index in [1.807, 2.05) is 19.9 Å². The largest absolute Gasteiger partial charge is 0.465 e. The normalized spacial score (nSPS) is 9.59. The van der Waals surface area contributed by atoms with Crippen LogP contribution in [0.25, 0.3) is 0 Å². The third-order valence-corrected chi connectivity index (χ3v) is 2.49. The van der Waals surface area contributed by atoms with E-state index in [9.17, 15) is 4.79 Å². The van der Waals surface area contributed by atoms with E-state index < -0.39 is 0 Å². The van der Waals surface area contributed by atoms with Gasteiger partial charge in [0.1, 0.15) is 0 Å². The van der Waals surface area contributed by atoms with Gasteiger partial charge in [-0.1, -0.05) is 6.07 Å². The molecule has 0 aliphatic carbocycles. The quantitative estimate of drug-likeness (QED) is 0.637. The van der Waals surface area contributed by atoms with Gasteiger partial charge in [0.25, 0.3) is 0 Å². The van der Waals surface area contributed by atoms with Crippen LogP contribution < -0.4 is 10.6 Å². The van der Waals surface area contributed by atoms with E-state index in [1.165, 1.54) is 7.11 Å². The Hall–Kier alpha value is -1.62. The van der Waals surface area contributed by atoms with Crippen LogP contribution in [0, 0.1) is 6.92 Å². The maximum Gasteiger partial charge on any atom is 0.337 e. The Labute approximate surface area is 106 Å². The minimum Gasteiger partial charge on any atom is -0.465 e. The lowest BCUT2D eigenvalue weighted by Gasteiger charge is -2.12. The Balaban J connectivity index is 2.90. The molecule has 0 atom stereocenters. The second-order valence-electron chi connectivity index (χ2n) is 3.51. The van der Waals surface area contributed by atoms with Crippen molar-refractivity contribution in [3.05, 3.63) is 29.3 Å². The number of thiocarbonyl (C=S) groups is 1. The summed E-state index contributed by atoms with van der Waals surface area (Å²) in [5, 5.41) is 6.57. The Bertz CT molecular complexity index is 433. The monoisotopic (exact) mass is 252 g/mol. The fourth-order valence-corrected chi connectivity index (χ4v) is 1.58. The lowest BCUT2D eigenvalue weighted by atomic mass is 10.1. The Morgan fingerprint density at radius 3 is 2.76 bits per heavy atom. The molecular formula is C12H16N2O2S. The van der Waals surface area contributed by atoms with Gasteiger partial charge in [0.2, 0.25) is 0 Å². The molecule has 0 unspecified atom stereocenters. The molecule has 0 aliphatic heterocycles. The standard InChI is InChI=1S/C12H16N2O2S/c1-4-13-12(17)14-10-7-9(11(15)16-3)6-5-8(10)2/h5-7H,4H2,1-3H3,(H2,13,14,17). The van der Waals surface area contributed by atoms with Crippen molar-refractivity contribution >= 4 is 29.0 Å². The van der Waals surface area contributed by atoms with Crippen molar-refractivity contribution < 1.29 is 9.53 Å². The second kappa shape index (κ2) is 6.20. The van der Waals surface area contributed by atoms with Crippen LogP contribution in [-0.4, -0.2) is 24.7 Å². The molecule has 92 valence electrons. The number of hydrogen-bond donors (Lipinski definition) is 2. The fourth-order valence-electron chi connectivity index (χ4n) is 1.33. The van der Waals surface area contributed by atoms with E-state index in [1.54, 1.807) is 12.1 Å². The first-order valence-electron chi connectivity index (χ1n) is 5.32. The van der Waals surface area contributed by atoms with Crippen molar-refractivity contribution in [2.24, 2.45) is 0 Å². The molecule has 0 radical (unpaired) electrons. The minimum absolute atomic E-state index is 0.359. The molecule has 0 saturated heterocycles. The molecule has 0 spiro atoms. The van der Waals surface area contributed by atoms with E-state index in [-0.39, 0.29) is 5.97 Å². The van der Waals surface area contributed by atoms with Crippen LogP contribution in [-0.2, 0) is 4.74 Å². The molecule has 0 saturated carbocycles. The van der Waals surface area contributed by atoms with Crippen LogP contribution in [0.2, 0.25) is 0 Å². The molecule has 0 fully saturated rings. The Morgan fingerprint density at radius 1 is 1.47 bits per heavy atom. The molecule has 0 bridgehead atoms. The van der Waals surface area contributed by atoms with Crippen LogP contribution in [0.1, 0.15) is 22.8 Å². The lowest BCUT2D eigenvalue weighted by molar-refractivity contribution is 0.0601. The number of methoxy groups -OCH3 is 1. The number of rotatable bonds is 3. The van der Waals surface area contributed by atoms with Gasteiger partial charge in [0.15, 0.2) is 5.11 Å². The molecule has 1 aromatic carbocycles. The predicted molar refractivity (Wildman–Crippen MR) is 72.4 cm³/mol. The van der Waals surface area contributed by atoms with Gasteiger partial charge in [-0.25, -0.2) is 4.79 Å². The molecule has 0 aromatic heterocycles. The van der Waals surface area contributed by atoms with E-state index in [0.717, 1.165) is 17.8 Å². The van der Waals surface area contributed by atoms with E-state index >= 15 is 0 Å². The van der Waals surface area contributed by atoms with E-state index in [2.05, 4.69) is 15.4 Å². The molecule has 1 aromatic rings. The smallest absolute Gasteiger partial charge is 0.337 e. The number of aryl methyl sites for hydroxylation is 1. The summed E-state index contributed by atoms with van der Waals surface area (Å²) in [5.74, 6) is -0.359. The van der Waals surface area contributed by atoms with Crippen LogP contribution in [0.15, 0.2) is 18.2 Å². The summed E-state index contributed by atoms with van der Waals surface area (Å²) in [6.45, 7) is 4.66. The Kier molecular flexibility index (Phi) is 4.90. The number of anilines is 1. The van der Waals surface area contributed by atoms with Crippen molar-refractivity contribution in [1.29, 1.82) is 0 Å².